The van der Waals surface area contributed by atoms with Crippen LogP contribution in [0.4, 0.5) is 5.69 Å². The number of hydrogen-bond donors (Lipinski definition) is 1. The van der Waals surface area contributed by atoms with Crippen LogP contribution in [-0.2, 0) is 16.1 Å². The molecule has 2 heterocycles. The molecule has 0 bridgehead atoms. The summed E-state index contributed by atoms with van der Waals surface area (Å²) >= 11 is 0. The maximum Gasteiger partial charge on any atom is 0.371 e. The molecule has 1 saturated heterocycles. The van der Waals surface area contributed by atoms with E-state index in [9.17, 15) is 9.59 Å². The monoisotopic (exact) mass is 355 g/mol. The number of ether oxygens (including phenoxy) is 1. The molecule has 6 nitrogen and oxygen atoms in total. The van der Waals surface area contributed by atoms with Crippen LogP contribution < -0.4 is 4.90 Å². The lowest BCUT2D eigenvalue weighted by Crippen LogP contribution is -2.36. The highest BCUT2D eigenvalue weighted by Gasteiger charge is 2.32. The summed E-state index contributed by atoms with van der Waals surface area (Å²) < 4.78 is 10.8. The number of furan rings is 1. The smallest absolute Gasteiger partial charge is 0.371 e. The summed E-state index contributed by atoms with van der Waals surface area (Å²) in [7, 11) is 0. The number of amides is 1. The van der Waals surface area contributed by atoms with Gasteiger partial charge in [-0.1, -0.05) is 24.3 Å². The largest absolute Gasteiger partial charge is 0.475 e. The van der Waals surface area contributed by atoms with Crippen molar-refractivity contribution in [2.75, 3.05) is 11.5 Å². The quantitative estimate of drug-likeness (QED) is 0.819. The molecule has 1 atom stereocenters. The maximum absolute atomic E-state index is 12.3. The molecule has 1 aliphatic heterocycles. The van der Waals surface area contributed by atoms with Crippen LogP contribution in [0, 0.1) is 0 Å². The molecule has 26 heavy (non-hydrogen) atoms. The predicted octanol–water partition coefficient (Wildman–Crippen LogP) is 3.72. The molecule has 1 aromatic carbocycles. The number of anilines is 1. The molecular weight excluding hydrogens is 334 g/mol. The summed E-state index contributed by atoms with van der Waals surface area (Å²) in [6.07, 6.45) is 1.21. The molecule has 1 fully saturated rings. The zero-order chi connectivity index (χ0) is 18.7. The van der Waals surface area contributed by atoms with Gasteiger partial charge < -0.3 is 19.2 Å². The minimum atomic E-state index is -1.11. The minimum absolute atomic E-state index is 0.0490. The van der Waals surface area contributed by atoms with Crippen LogP contribution in [-0.4, -0.2) is 29.6 Å². The number of carboxylic acid groups (broad SMARTS) is 1. The predicted molar refractivity (Wildman–Crippen MR) is 97.0 cm³/mol. The fraction of sp³-hybridized carbons (Fsp3) is 0.300. The summed E-state index contributed by atoms with van der Waals surface area (Å²) in [5, 5.41) is 8.86. The van der Waals surface area contributed by atoms with Gasteiger partial charge in [-0.25, -0.2) is 4.79 Å². The summed E-state index contributed by atoms with van der Waals surface area (Å²) in [4.78, 5) is 24.9. The Kier molecular flexibility index (Phi) is 5.23. The first kappa shape index (κ1) is 17.9. The lowest BCUT2D eigenvalue weighted by Gasteiger charge is -2.25. The third kappa shape index (κ3) is 3.86. The number of rotatable bonds is 7. The van der Waals surface area contributed by atoms with Crippen LogP contribution in [0.5, 0.6) is 0 Å². The molecule has 6 heteroatoms. The molecule has 0 saturated carbocycles. The average Bonchev–Trinajstić information content (AvgIpc) is 3.22. The molecule has 0 radical (unpaired) electrons. The average molecular weight is 355 g/mol. The zero-order valence-corrected chi connectivity index (χ0v) is 14.6. The summed E-state index contributed by atoms with van der Waals surface area (Å²) in [5.74, 6) is -0.696. The van der Waals surface area contributed by atoms with E-state index in [2.05, 4.69) is 6.58 Å². The second kappa shape index (κ2) is 7.58. The molecular formula is C20H21NO5. The van der Waals surface area contributed by atoms with Crippen molar-refractivity contribution in [3.63, 3.8) is 0 Å². The van der Waals surface area contributed by atoms with E-state index in [1.165, 1.54) is 6.07 Å². The van der Waals surface area contributed by atoms with Crippen molar-refractivity contribution in [3.8, 4) is 0 Å². The molecule has 1 aliphatic rings. The lowest BCUT2D eigenvalue weighted by atomic mass is 10.1. The van der Waals surface area contributed by atoms with Crippen molar-refractivity contribution in [1.29, 1.82) is 0 Å². The van der Waals surface area contributed by atoms with Gasteiger partial charge in [0.25, 0.3) is 0 Å². The summed E-state index contributed by atoms with van der Waals surface area (Å²) in [6.45, 7) is 6.39. The number of aromatic carboxylic acids is 1. The van der Waals surface area contributed by atoms with E-state index in [1.807, 2.05) is 31.2 Å². The Bertz CT molecular complexity index is 821. The van der Waals surface area contributed by atoms with E-state index in [4.69, 9.17) is 14.3 Å². The first-order chi connectivity index (χ1) is 12.5. The minimum Gasteiger partial charge on any atom is -0.475 e. The van der Waals surface area contributed by atoms with Crippen molar-refractivity contribution >= 4 is 23.1 Å². The van der Waals surface area contributed by atoms with Gasteiger partial charge in [0.15, 0.2) is 0 Å². The van der Waals surface area contributed by atoms with Gasteiger partial charge in [-0.05, 0) is 43.2 Å². The number of carbonyl (C=O) groups excluding carboxylic acids is 1. The van der Waals surface area contributed by atoms with Crippen LogP contribution in [0.1, 0.15) is 41.6 Å². The van der Waals surface area contributed by atoms with Crippen LogP contribution in [0.3, 0.4) is 0 Å². The van der Waals surface area contributed by atoms with E-state index >= 15 is 0 Å². The summed E-state index contributed by atoms with van der Waals surface area (Å²) in [6, 6.07) is 10.7. The van der Waals surface area contributed by atoms with Crippen LogP contribution >= 0.6 is 0 Å². The van der Waals surface area contributed by atoms with Gasteiger partial charge in [0.1, 0.15) is 12.4 Å². The standard InChI is InChI=1S/C20H21NO5/c1-13(2)14-3-5-15(6-4-14)21-16(7-10-19(21)22)11-25-12-17-8-9-18(26-17)20(23)24/h3-6,8-9,16H,1,7,10-12H2,2H3,(H,23,24)/t16-/m0/s1. The first-order valence-corrected chi connectivity index (χ1v) is 8.43. The van der Waals surface area contributed by atoms with Crippen molar-refractivity contribution in [2.24, 2.45) is 0 Å². The molecule has 0 spiro atoms. The highest BCUT2D eigenvalue weighted by molar-refractivity contribution is 5.96. The van der Waals surface area contributed by atoms with Crippen LogP contribution in [0.15, 0.2) is 47.4 Å². The molecule has 1 N–H and O–H groups in total. The maximum atomic E-state index is 12.3. The van der Waals surface area contributed by atoms with Crippen molar-refractivity contribution < 1.29 is 23.8 Å². The van der Waals surface area contributed by atoms with Crippen LogP contribution in [0.25, 0.3) is 5.57 Å². The molecule has 0 aliphatic carbocycles. The second-order valence-electron chi connectivity index (χ2n) is 6.37. The van der Waals surface area contributed by atoms with Gasteiger partial charge in [0.2, 0.25) is 11.7 Å². The van der Waals surface area contributed by atoms with Gasteiger partial charge in [-0.3, -0.25) is 4.79 Å². The van der Waals surface area contributed by atoms with Crippen LogP contribution in [0.2, 0.25) is 0 Å². The molecule has 2 aromatic rings. The van der Waals surface area contributed by atoms with Gasteiger partial charge in [-0.2, -0.15) is 0 Å². The van der Waals surface area contributed by atoms with Crippen molar-refractivity contribution in [3.05, 3.63) is 60.1 Å². The number of allylic oxidation sites excluding steroid dienone is 1. The number of carbonyl (C=O) groups is 2. The van der Waals surface area contributed by atoms with Gasteiger partial charge in [-0.15, -0.1) is 0 Å². The number of hydrogen-bond acceptors (Lipinski definition) is 4. The van der Waals surface area contributed by atoms with E-state index in [1.54, 1.807) is 11.0 Å². The fourth-order valence-corrected chi connectivity index (χ4v) is 3.03. The third-order valence-corrected chi connectivity index (χ3v) is 4.39. The van der Waals surface area contributed by atoms with E-state index in [0.717, 1.165) is 23.2 Å². The summed E-state index contributed by atoms with van der Waals surface area (Å²) in [5.41, 5.74) is 2.86. The number of nitrogens with zero attached hydrogens (tertiary/aromatic N) is 1. The fourth-order valence-electron chi connectivity index (χ4n) is 3.03. The van der Waals surface area contributed by atoms with Crippen molar-refractivity contribution in [2.45, 2.75) is 32.4 Å². The Labute approximate surface area is 151 Å². The van der Waals surface area contributed by atoms with Gasteiger partial charge in [0.05, 0.1) is 12.6 Å². The third-order valence-electron chi connectivity index (χ3n) is 4.39. The molecule has 1 aromatic heterocycles. The number of benzene rings is 1. The number of carboxylic acids is 1. The van der Waals surface area contributed by atoms with E-state index in [-0.39, 0.29) is 24.3 Å². The van der Waals surface area contributed by atoms with Gasteiger partial charge in [0, 0.05) is 12.1 Å². The Balaban J connectivity index is 1.62. The topological polar surface area (TPSA) is 80.0 Å². The second-order valence-corrected chi connectivity index (χ2v) is 6.37. The zero-order valence-electron chi connectivity index (χ0n) is 14.6. The van der Waals surface area contributed by atoms with E-state index in [0.29, 0.717) is 18.8 Å². The lowest BCUT2D eigenvalue weighted by molar-refractivity contribution is -0.117. The normalized spacial score (nSPS) is 16.9. The van der Waals surface area contributed by atoms with Crippen molar-refractivity contribution in [1.82, 2.24) is 0 Å². The highest BCUT2D eigenvalue weighted by Crippen LogP contribution is 2.28. The molecule has 136 valence electrons. The Hall–Kier alpha value is -2.86. The van der Waals surface area contributed by atoms with Gasteiger partial charge >= 0.3 is 5.97 Å². The van der Waals surface area contributed by atoms with E-state index < -0.39 is 5.97 Å². The Morgan fingerprint density at radius 2 is 2.04 bits per heavy atom. The molecule has 0 unspecified atom stereocenters. The highest BCUT2D eigenvalue weighted by atomic mass is 16.5. The molecule has 3 rings (SSSR count). The Morgan fingerprint density at radius 1 is 1.31 bits per heavy atom. The first-order valence-electron chi connectivity index (χ1n) is 8.43. The Morgan fingerprint density at radius 3 is 2.65 bits per heavy atom. The molecule has 1 amide bonds. The SMILES string of the molecule is C=C(C)c1ccc(N2C(=O)CC[C@H]2COCc2ccc(C(=O)O)o2)cc1.